The first-order chi connectivity index (χ1) is 25.2. The van der Waals surface area contributed by atoms with Gasteiger partial charge in [-0.05, 0) is 58.5 Å². The average Bonchev–Trinajstić information content (AvgIpc) is 3.46. The van der Waals surface area contributed by atoms with Gasteiger partial charge in [-0.2, -0.15) is 0 Å². The van der Waals surface area contributed by atoms with Gasteiger partial charge in [0.15, 0.2) is 0 Å². The van der Waals surface area contributed by atoms with Crippen molar-refractivity contribution in [3.8, 4) is 44.6 Å². The van der Waals surface area contributed by atoms with E-state index in [0.29, 0.717) is 0 Å². The van der Waals surface area contributed by atoms with Crippen molar-refractivity contribution in [2.45, 2.75) is 109 Å². The van der Waals surface area contributed by atoms with Gasteiger partial charge in [0, 0.05) is 30.9 Å². The molecule has 2 heteroatoms. The van der Waals surface area contributed by atoms with Crippen molar-refractivity contribution in [1.29, 1.82) is 0 Å². The van der Waals surface area contributed by atoms with Crippen molar-refractivity contribution in [3.63, 3.8) is 0 Å². The molecule has 1 radical (unpaired) electrons. The van der Waals surface area contributed by atoms with Crippen LogP contribution in [-0.4, -0.2) is 4.98 Å². The first-order valence-electron chi connectivity index (χ1n) is 19.9. The zero-order valence-electron chi connectivity index (χ0n) is 31.2. The van der Waals surface area contributed by atoms with E-state index in [-0.39, 0.29) is 25.5 Å². The Morgan fingerprint density at radius 3 is 1.77 bits per heavy atom. The molecule has 0 amide bonds. The monoisotopic (exact) mass is 861 g/mol. The van der Waals surface area contributed by atoms with Gasteiger partial charge in [-0.1, -0.05) is 199 Å². The summed E-state index contributed by atoms with van der Waals surface area (Å²) in [5.41, 5.74) is 13.9. The first-order valence-corrected chi connectivity index (χ1v) is 19.9. The van der Waals surface area contributed by atoms with E-state index in [0.717, 1.165) is 16.8 Å². The van der Waals surface area contributed by atoms with Crippen molar-refractivity contribution >= 4 is 10.9 Å². The Labute approximate surface area is 326 Å². The summed E-state index contributed by atoms with van der Waals surface area (Å²) in [6, 6.07) is 48.4. The molecule has 1 aliphatic rings. The zero-order valence-corrected chi connectivity index (χ0v) is 33.6. The zero-order chi connectivity index (χ0) is 34.9. The van der Waals surface area contributed by atoms with E-state index in [1.807, 2.05) is 0 Å². The predicted molar refractivity (Wildman–Crippen MR) is 219 cm³/mol. The van der Waals surface area contributed by atoms with Gasteiger partial charge in [-0.15, -0.1) is 29.3 Å². The van der Waals surface area contributed by atoms with Crippen molar-refractivity contribution in [2.24, 2.45) is 0 Å². The van der Waals surface area contributed by atoms with E-state index in [1.54, 1.807) is 0 Å². The molecule has 1 aliphatic carbocycles. The molecule has 0 aliphatic heterocycles. The van der Waals surface area contributed by atoms with Gasteiger partial charge < -0.3 is 0 Å². The van der Waals surface area contributed by atoms with Crippen LogP contribution in [0.25, 0.3) is 55.5 Å². The van der Waals surface area contributed by atoms with E-state index in [2.05, 4.69) is 141 Å². The molecule has 0 spiro atoms. The fraction of sp³-hybridized carbons (Fsp3) is 0.340. The molecule has 0 unspecified atom stereocenters. The third kappa shape index (κ3) is 8.20. The molecule has 7 rings (SSSR count). The number of hydrogen-bond donors (Lipinski definition) is 0. The molecule has 5 aromatic carbocycles. The average molecular weight is 861 g/mol. The predicted octanol–water partition coefficient (Wildman–Crippen LogP) is 14.8. The summed E-state index contributed by atoms with van der Waals surface area (Å²) >= 11 is 0. The van der Waals surface area contributed by atoms with Gasteiger partial charge in [0.2, 0.25) is 0 Å². The molecule has 269 valence electrons. The van der Waals surface area contributed by atoms with E-state index in [4.69, 9.17) is 4.98 Å². The summed E-state index contributed by atoms with van der Waals surface area (Å²) in [4.78, 5) is 5.37. The van der Waals surface area contributed by atoms with Gasteiger partial charge >= 0.3 is 0 Å². The molecule has 1 heterocycles. The van der Waals surface area contributed by atoms with Gasteiger partial charge in [0.1, 0.15) is 0 Å². The molecule has 1 nitrogen and oxygen atoms in total. The molecule has 0 fully saturated rings. The Bertz CT molecular complexity index is 2010. The SMILES string of the molecule is CCCCCCCCC1(CCCCCCCC)c2ccccc2-c2c[c-]c(-c3cc(-c4ccccc4)c4cc(-c5ccccc5)ccc4n3)cc21.[Ir]. The summed E-state index contributed by atoms with van der Waals surface area (Å²) in [6.45, 7) is 4.62. The maximum atomic E-state index is 5.37. The molecule has 0 bridgehead atoms. The number of hydrogen-bond acceptors (Lipinski definition) is 1. The van der Waals surface area contributed by atoms with E-state index in [9.17, 15) is 0 Å². The van der Waals surface area contributed by atoms with Crippen LogP contribution < -0.4 is 0 Å². The minimum absolute atomic E-state index is 0. The topological polar surface area (TPSA) is 12.9 Å². The summed E-state index contributed by atoms with van der Waals surface area (Å²) in [7, 11) is 0. The van der Waals surface area contributed by atoms with Gasteiger partial charge in [-0.25, -0.2) is 0 Å². The minimum atomic E-state index is 0. The van der Waals surface area contributed by atoms with Crippen LogP contribution in [0.4, 0.5) is 0 Å². The van der Waals surface area contributed by atoms with Crippen LogP contribution in [0.3, 0.4) is 0 Å². The summed E-state index contributed by atoms with van der Waals surface area (Å²) in [6.07, 6.45) is 18.3. The molecule has 52 heavy (non-hydrogen) atoms. The van der Waals surface area contributed by atoms with Crippen LogP contribution in [0.2, 0.25) is 0 Å². The first kappa shape index (κ1) is 37.9. The van der Waals surface area contributed by atoms with Gasteiger partial charge in [0.05, 0.1) is 5.52 Å². The number of benzene rings is 5. The second-order valence-electron chi connectivity index (χ2n) is 14.9. The van der Waals surface area contributed by atoms with Crippen molar-refractivity contribution in [2.75, 3.05) is 0 Å². The number of aromatic nitrogens is 1. The summed E-state index contributed by atoms with van der Waals surface area (Å²) in [5, 5.41) is 1.18. The van der Waals surface area contributed by atoms with Crippen LogP contribution in [-0.2, 0) is 25.5 Å². The van der Waals surface area contributed by atoms with Crippen LogP contribution in [0, 0.1) is 6.07 Å². The third-order valence-corrected chi connectivity index (χ3v) is 11.4. The molecule has 0 saturated heterocycles. The maximum Gasteiger partial charge on any atom is 0.0602 e. The number of nitrogens with zero attached hydrogens (tertiary/aromatic N) is 1. The van der Waals surface area contributed by atoms with Crippen molar-refractivity contribution in [1.82, 2.24) is 4.98 Å². The number of fused-ring (bicyclic) bond motifs is 4. The van der Waals surface area contributed by atoms with Crippen LogP contribution in [0.15, 0.2) is 121 Å². The molecule has 6 aromatic rings. The smallest absolute Gasteiger partial charge is 0.0602 e. The van der Waals surface area contributed by atoms with E-state index >= 15 is 0 Å². The van der Waals surface area contributed by atoms with Gasteiger partial charge in [-0.3, -0.25) is 4.98 Å². The van der Waals surface area contributed by atoms with E-state index < -0.39 is 0 Å². The molecular formula is C50H54IrN-. The summed E-state index contributed by atoms with van der Waals surface area (Å²) < 4.78 is 0. The maximum absolute atomic E-state index is 5.37. The van der Waals surface area contributed by atoms with Crippen molar-refractivity contribution in [3.05, 3.63) is 139 Å². The van der Waals surface area contributed by atoms with Gasteiger partial charge in [0.25, 0.3) is 0 Å². The molecule has 1 aromatic heterocycles. The molecule has 0 saturated carbocycles. The van der Waals surface area contributed by atoms with Crippen molar-refractivity contribution < 1.29 is 20.1 Å². The number of pyridine rings is 1. The minimum Gasteiger partial charge on any atom is -0.296 e. The third-order valence-electron chi connectivity index (χ3n) is 11.4. The van der Waals surface area contributed by atoms with E-state index in [1.165, 1.54) is 140 Å². The second kappa shape index (κ2) is 18.3. The Hall–Kier alpha value is -3.84. The Morgan fingerprint density at radius 2 is 1.10 bits per heavy atom. The quantitative estimate of drug-likeness (QED) is 0.0658. The number of rotatable bonds is 17. The Kier molecular flexibility index (Phi) is 13.3. The fourth-order valence-electron chi connectivity index (χ4n) is 8.65. The number of unbranched alkanes of at least 4 members (excludes halogenated alkanes) is 10. The Morgan fingerprint density at radius 1 is 0.500 bits per heavy atom. The largest absolute Gasteiger partial charge is 0.296 e. The molecule has 0 N–H and O–H groups in total. The fourth-order valence-corrected chi connectivity index (χ4v) is 8.65. The Balaban J connectivity index is 0.00000464. The van der Waals surface area contributed by atoms with Crippen LogP contribution in [0.1, 0.15) is 115 Å². The molecular weight excluding hydrogens is 807 g/mol. The standard InChI is InChI=1S/C50H54N.Ir/c1-3-5-7-9-11-21-33-50(34-22-12-10-8-6-4-2)46-28-20-19-27-42(46)43-31-29-41(36-47(43)50)49-37-44(39-25-17-14-18-26-39)45-35-40(30-32-48(45)51-49)38-23-15-13-16-24-38;/h13-20,23-28,30-32,35-37H,3-12,21-22,33-34H2,1-2H3;/q-1;. The van der Waals surface area contributed by atoms with Crippen LogP contribution >= 0.6 is 0 Å². The van der Waals surface area contributed by atoms with Crippen LogP contribution in [0.5, 0.6) is 0 Å². The molecule has 0 atom stereocenters. The summed E-state index contributed by atoms with van der Waals surface area (Å²) in [5.74, 6) is 0. The normalized spacial score (nSPS) is 12.7. The second-order valence-corrected chi connectivity index (χ2v) is 14.9.